The molecule has 0 heterocycles. The lowest BCUT2D eigenvalue weighted by molar-refractivity contribution is -0.133. The first kappa shape index (κ1) is 22.1. The summed E-state index contributed by atoms with van der Waals surface area (Å²) in [5.74, 6) is 2.64. The van der Waals surface area contributed by atoms with Crippen molar-refractivity contribution in [3.05, 3.63) is 36.1 Å². The molecule has 2 aliphatic carbocycles. The molecule has 2 rings (SSSR count). The van der Waals surface area contributed by atoms with Crippen LogP contribution >= 0.6 is 11.8 Å². The second-order valence-corrected chi connectivity index (χ2v) is 8.57. The largest absolute Gasteiger partial charge is 0.494 e. The van der Waals surface area contributed by atoms with E-state index in [-0.39, 0.29) is 18.3 Å². The van der Waals surface area contributed by atoms with E-state index in [1.807, 2.05) is 0 Å². The van der Waals surface area contributed by atoms with Gasteiger partial charge in [-0.3, -0.25) is 4.79 Å². The Morgan fingerprint density at radius 2 is 2.26 bits per heavy atom. The zero-order chi connectivity index (χ0) is 19.3. The summed E-state index contributed by atoms with van der Waals surface area (Å²) in [5.41, 5.74) is 0. The van der Waals surface area contributed by atoms with E-state index < -0.39 is 5.97 Å². The number of carboxylic acids is 1. The SMILES string of the molecule is O=C(O)CSC[C@H](CO)CC[C@H]1CCC[C@@H]1/C=C/CCOC1=CCCC=C1. The zero-order valence-corrected chi connectivity index (χ0v) is 17.0. The number of hydrogen-bond acceptors (Lipinski definition) is 4. The predicted molar refractivity (Wildman–Crippen MR) is 112 cm³/mol. The Morgan fingerprint density at radius 1 is 1.37 bits per heavy atom. The second-order valence-electron chi connectivity index (χ2n) is 7.54. The molecule has 0 aromatic heterocycles. The highest BCUT2D eigenvalue weighted by atomic mass is 32.2. The Kier molecular flexibility index (Phi) is 10.7. The van der Waals surface area contributed by atoms with E-state index in [9.17, 15) is 9.90 Å². The maximum absolute atomic E-state index is 10.6. The number of carboxylic acid groups (broad SMARTS) is 1. The molecule has 1 saturated carbocycles. The lowest BCUT2D eigenvalue weighted by Crippen LogP contribution is -2.14. The molecular weight excluding hydrogens is 360 g/mol. The van der Waals surface area contributed by atoms with Crippen LogP contribution in [-0.2, 0) is 9.53 Å². The van der Waals surface area contributed by atoms with Gasteiger partial charge in [-0.15, -0.1) is 11.8 Å². The van der Waals surface area contributed by atoms with Crippen LogP contribution in [0.1, 0.15) is 51.4 Å². The molecule has 27 heavy (non-hydrogen) atoms. The molecule has 0 spiro atoms. The Morgan fingerprint density at radius 3 is 3.00 bits per heavy atom. The summed E-state index contributed by atoms with van der Waals surface area (Å²) in [6, 6.07) is 0. The molecule has 4 nitrogen and oxygen atoms in total. The van der Waals surface area contributed by atoms with E-state index in [1.54, 1.807) is 0 Å². The highest BCUT2D eigenvalue weighted by Gasteiger charge is 2.25. The number of thioether (sulfide) groups is 1. The van der Waals surface area contributed by atoms with Gasteiger partial charge in [-0.25, -0.2) is 0 Å². The van der Waals surface area contributed by atoms with Crippen molar-refractivity contribution in [2.24, 2.45) is 17.8 Å². The number of carbonyl (C=O) groups is 1. The molecule has 1 fully saturated rings. The summed E-state index contributed by atoms with van der Waals surface area (Å²) in [6.45, 7) is 0.888. The average molecular weight is 395 g/mol. The monoisotopic (exact) mass is 394 g/mol. The molecule has 2 N–H and O–H groups in total. The van der Waals surface area contributed by atoms with Crippen molar-refractivity contribution >= 4 is 17.7 Å². The summed E-state index contributed by atoms with van der Waals surface area (Å²) in [6.07, 6.45) is 20.1. The first-order valence-corrected chi connectivity index (χ1v) is 11.4. The van der Waals surface area contributed by atoms with E-state index in [0.29, 0.717) is 11.8 Å². The van der Waals surface area contributed by atoms with Crippen LogP contribution in [0.5, 0.6) is 0 Å². The number of aliphatic hydroxyl groups excluding tert-OH is 1. The highest BCUT2D eigenvalue weighted by Crippen LogP contribution is 2.37. The van der Waals surface area contributed by atoms with Crippen molar-refractivity contribution in [1.82, 2.24) is 0 Å². The van der Waals surface area contributed by atoms with Crippen molar-refractivity contribution < 1.29 is 19.7 Å². The van der Waals surface area contributed by atoms with Crippen LogP contribution in [0.25, 0.3) is 0 Å². The maximum atomic E-state index is 10.6. The molecule has 0 saturated heterocycles. The number of aliphatic carboxylic acids is 1. The molecule has 0 amide bonds. The normalized spacial score (nSPS) is 23.5. The van der Waals surface area contributed by atoms with Crippen LogP contribution in [0.15, 0.2) is 36.1 Å². The molecule has 5 heteroatoms. The number of allylic oxidation sites excluding steroid dienone is 4. The third-order valence-corrected chi connectivity index (χ3v) is 6.56. The van der Waals surface area contributed by atoms with E-state index in [0.717, 1.165) is 50.2 Å². The van der Waals surface area contributed by atoms with E-state index >= 15 is 0 Å². The van der Waals surface area contributed by atoms with Gasteiger partial charge in [0, 0.05) is 6.61 Å². The average Bonchev–Trinajstić information content (AvgIpc) is 3.12. The summed E-state index contributed by atoms with van der Waals surface area (Å²) < 4.78 is 5.77. The van der Waals surface area contributed by atoms with Gasteiger partial charge in [-0.1, -0.05) is 24.6 Å². The maximum Gasteiger partial charge on any atom is 0.313 e. The topological polar surface area (TPSA) is 66.8 Å². The van der Waals surface area contributed by atoms with Crippen molar-refractivity contribution in [1.29, 1.82) is 0 Å². The molecule has 3 atom stereocenters. The Hall–Kier alpha value is -1.20. The lowest BCUT2D eigenvalue weighted by atomic mass is 9.88. The minimum Gasteiger partial charge on any atom is -0.494 e. The molecule has 0 radical (unpaired) electrons. The van der Waals surface area contributed by atoms with Crippen molar-refractivity contribution in [3.8, 4) is 0 Å². The summed E-state index contributed by atoms with van der Waals surface area (Å²) in [5, 5.41) is 18.3. The van der Waals surface area contributed by atoms with Crippen LogP contribution in [0.4, 0.5) is 0 Å². The summed E-state index contributed by atoms with van der Waals surface area (Å²) >= 11 is 1.41. The Bertz CT molecular complexity index is 526. The van der Waals surface area contributed by atoms with Gasteiger partial charge < -0.3 is 14.9 Å². The van der Waals surface area contributed by atoms with Gasteiger partial charge in [0.15, 0.2) is 0 Å². The van der Waals surface area contributed by atoms with Crippen molar-refractivity contribution in [3.63, 3.8) is 0 Å². The van der Waals surface area contributed by atoms with Crippen LogP contribution in [0, 0.1) is 17.8 Å². The summed E-state index contributed by atoms with van der Waals surface area (Å²) in [4.78, 5) is 10.6. The quantitative estimate of drug-likeness (QED) is 0.347. The fraction of sp³-hybridized carbons (Fsp3) is 0.682. The molecule has 2 aliphatic rings. The van der Waals surface area contributed by atoms with Crippen LogP contribution in [0.3, 0.4) is 0 Å². The molecule has 0 aromatic carbocycles. The van der Waals surface area contributed by atoms with Crippen LogP contribution in [0.2, 0.25) is 0 Å². The third-order valence-electron chi connectivity index (χ3n) is 5.40. The van der Waals surface area contributed by atoms with Gasteiger partial charge in [0.1, 0.15) is 5.76 Å². The third kappa shape index (κ3) is 9.02. The fourth-order valence-corrected chi connectivity index (χ4v) is 4.78. The Labute approximate surface area is 167 Å². The first-order valence-electron chi connectivity index (χ1n) is 10.3. The molecule has 0 aromatic rings. The smallest absolute Gasteiger partial charge is 0.313 e. The number of rotatable bonds is 13. The van der Waals surface area contributed by atoms with Gasteiger partial charge in [0.2, 0.25) is 0 Å². The fourth-order valence-electron chi connectivity index (χ4n) is 3.88. The molecular formula is C22H34O4S. The van der Waals surface area contributed by atoms with Crippen molar-refractivity contribution in [2.75, 3.05) is 24.7 Å². The molecule has 0 aliphatic heterocycles. The standard InChI is InChI=1S/C22H34O4S/c23-15-18(16-27-17-22(24)25)12-13-20-9-6-8-19(20)7-4-5-14-26-21-10-2-1-3-11-21/h2,4,7,10-11,18-20,23H,1,3,5-6,8-9,12-17H2,(H,24,25)/b7-4+/t18-,19-,20+/m0/s1. The second kappa shape index (κ2) is 13.1. The van der Waals surface area contributed by atoms with Crippen LogP contribution in [-0.4, -0.2) is 40.9 Å². The predicted octanol–water partition coefficient (Wildman–Crippen LogP) is 4.81. The van der Waals surface area contributed by atoms with Crippen molar-refractivity contribution in [2.45, 2.75) is 51.4 Å². The van der Waals surface area contributed by atoms with Gasteiger partial charge in [-0.2, -0.15) is 0 Å². The zero-order valence-electron chi connectivity index (χ0n) is 16.2. The summed E-state index contributed by atoms with van der Waals surface area (Å²) in [7, 11) is 0. The minimum atomic E-state index is -0.780. The first-order chi connectivity index (χ1) is 13.2. The number of ether oxygens (including phenoxy) is 1. The Balaban J connectivity index is 1.63. The van der Waals surface area contributed by atoms with E-state index in [4.69, 9.17) is 9.84 Å². The number of hydrogen-bond donors (Lipinski definition) is 2. The van der Waals surface area contributed by atoms with Gasteiger partial charge in [-0.05, 0) is 80.6 Å². The van der Waals surface area contributed by atoms with Gasteiger partial charge in [0.25, 0.3) is 0 Å². The highest BCUT2D eigenvalue weighted by molar-refractivity contribution is 7.99. The molecule has 0 bridgehead atoms. The van der Waals surface area contributed by atoms with Gasteiger partial charge in [0.05, 0.1) is 12.4 Å². The van der Waals surface area contributed by atoms with Crippen LogP contribution < -0.4 is 0 Å². The van der Waals surface area contributed by atoms with E-state index in [2.05, 4.69) is 30.4 Å². The minimum absolute atomic E-state index is 0.125. The number of aliphatic hydroxyl groups is 1. The van der Waals surface area contributed by atoms with Gasteiger partial charge >= 0.3 is 5.97 Å². The lowest BCUT2D eigenvalue weighted by Gasteiger charge is -2.20. The molecule has 0 unspecified atom stereocenters. The molecule has 152 valence electrons. The van der Waals surface area contributed by atoms with E-state index in [1.165, 1.54) is 31.0 Å².